The second kappa shape index (κ2) is 6.25. The van der Waals surface area contributed by atoms with E-state index < -0.39 is 0 Å². The molecule has 21 heavy (non-hydrogen) atoms. The smallest absolute Gasteiger partial charge is 0.234 e. The van der Waals surface area contributed by atoms with Crippen molar-refractivity contribution in [3.8, 4) is 0 Å². The van der Waals surface area contributed by atoms with Crippen molar-refractivity contribution in [1.29, 1.82) is 0 Å². The summed E-state index contributed by atoms with van der Waals surface area (Å²) in [6, 6.07) is 0.715. The van der Waals surface area contributed by atoms with Crippen molar-refractivity contribution in [3.63, 3.8) is 0 Å². The van der Waals surface area contributed by atoms with Crippen LogP contribution in [0.25, 0.3) is 0 Å². The fourth-order valence-electron chi connectivity index (χ4n) is 4.87. The Kier molecular flexibility index (Phi) is 4.55. The first kappa shape index (κ1) is 15.3. The number of hydrogen-bond acceptors (Lipinski definition) is 3. The molecule has 0 saturated heterocycles. The number of carbonyl (C=O) groups excluding carboxylic acids is 1. The third kappa shape index (κ3) is 3.42. The Morgan fingerprint density at radius 2 is 2.05 bits per heavy atom. The Labute approximate surface area is 128 Å². The predicted octanol–water partition coefficient (Wildman–Crippen LogP) is 1.60. The first-order valence-corrected chi connectivity index (χ1v) is 8.78. The van der Waals surface area contributed by atoms with Gasteiger partial charge in [0.25, 0.3) is 0 Å². The molecule has 2 bridgehead atoms. The zero-order valence-electron chi connectivity index (χ0n) is 13.6. The van der Waals surface area contributed by atoms with Crippen molar-refractivity contribution in [2.45, 2.75) is 57.5 Å². The summed E-state index contributed by atoms with van der Waals surface area (Å²) in [6.07, 6.45) is 8.08. The van der Waals surface area contributed by atoms with Gasteiger partial charge in [-0.2, -0.15) is 0 Å². The van der Waals surface area contributed by atoms with Gasteiger partial charge >= 0.3 is 0 Å². The Bertz CT molecular complexity index is 382. The second-order valence-electron chi connectivity index (χ2n) is 7.75. The van der Waals surface area contributed by atoms with Crippen LogP contribution in [-0.2, 0) is 4.79 Å². The normalized spacial score (nSPS) is 34.2. The van der Waals surface area contributed by atoms with Gasteiger partial charge in [-0.15, -0.1) is 0 Å². The zero-order valence-corrected chi connectivity index (χ0v) is 13.6. The summed E-state index contributed by atoms with van der Waals surface area (Å²) < 4.78 is 0. The molecule has 3 aliphatic rings. The number of nitrogens with two attached hydrogens (primary N) is 1. The van der Waals surface area contributed by atoms with E-state index in [0.717, 1.165) is 17.8 Å². The van der Waals surface area contributed by atoms with Crippen molar-refractivity contribution in [2.75, 3.05) is 20.1 Å². The summed E-state index contributed by atoms with van der Waals surface area (Å²) in [5, 5.41) is 3.25. The predicted molar refractivity (Wildman–Crippen MR) is 84.7 cm³/mol. The first-order valence-electron chi connectivity index (χ1n) is 8.78. The van der Waals surface area contributed by atoms with Crippen LogP contribution in [0.3, 0.4) is 0 Å². The molecule has 3 aliphatic carbocycles. The fraction of sp³-hybridized carbons (Fsp3) is 0.941. The third-order valence-corrected chi connectivity index (χ3v) is 6.19. The Morgan fingerprint density at radius 1 is 1.29 bits per heavy atom. The van der Waals surface area contributed by atoms with E-state index in [2.05, 4.69) is 17.1 Å². The van der Waals surface area contributed by atoms with Crippen LogP contribution < -0.4 is 11.1 Å². The number of amides is 1. The van der Waals surface area contributed by atoms with Crippen molar-refractivity contribution >= 4 is 5.91 Å². The summed E-state index contributed by atoms with van der Waals surface area (Å²) in [6.45, 7) is 3.35. The molecule has 0 heterocycles. The van der Waals surface area contributed by atoms with Gasteiger partial charge < -0.3 is 11.1 Å². The molecule has 5 unspecified atom stereocenters. The van der Waals surface area contributed by atoms with Crippen molar-refractivity contribution < 1.29 is 4.79 Å². The lowest BCUT2D eigenvalue weighted by Crippen LogP contribution is -2.48. The number of likely N-dealkylation sites (N-methyl/N-ethyl adjacent to an activating group) is 1. The van der Waals surface area contributed by atoms with E-state index in [1.807, 2.05) is 7.05 Å². The highest BCUT2D eigenvalue weighted by Crippen LogP contribution is 2.49. The van der Waals surface area contributed by atoms with E-state index in [1.165, 1.54) is 38.5 Å². The number of hydrogen-bond donors (Lipinski definition) is 2. The quantitative estimate of drug-likeness (QED) is 0.749. The monoisotopic (exact) mass is 293 g/mol. The Balaban J connectivity index is 1.45. The molecule has 1 amide bonds. The topological polar surface area (TPSA) is 58.4 Å². The minimum absolute atomic E-state index is 0.173. The molecule has 4 heteroatoms. The molecule has 0 aromatic heterocycles. The second-order valence-corrected chi connectivity index (χ2v) is 7.75. The highest BCUT2D eigenvalue weighted by Gasteiger charge is 2.42. The molecule has 3 N–H and O–H groups in total. The van der Waals surface area contributed by atoms with Crippen LogP contribution in [0, 0.1) is 23.7 Å². The Morgan fingerprint density at radius 3 is 2.57 bits per heavy atom. The lowest BCUT2D eigenvalue weighted by molar-refractivity contribution is -0.123. The molecule has 0 spiro atoms. The number of nitrogens with zero attached hydrogens (tertiary/aromatic N) is 1. The fourth-order valence-corrected chi connectivity index (χ4v) is 4.87. The number of nitrogens with one attached hydrogen (secondary N) is 1. The molecule has 5 atom stereocenters. The molecule has 3 rings (SSSR count). The molecule has 4 nitrogen and oxygen atoms in total. The average molecular weight is 293 g/mol. The van der Waals surface area contributed by atoms with Gasteiger partial charge in [-0.1, -0.05) is 6.42 Å². The van der Waals surface area contributed by atoms with Gasteiger partial charge in [-0.25, -0.2) is 0 Å². The molecule has 0 radical (unpaired) electrons. The van der Waals surface area contributed by atoms with Gasteiger partial charge in [0.1, 0.15) is 0 Å². The maximum Gasteiger partial charge on any atom is 0.234 e. The molecule has 120 valence electrons. The van der Waals surface area contributed by atoms with Gasteiger partial charge in [-0.05, 0) is 69.7 Å². The molecule has 3 saturated carbocycles. The van der Waals surface area contributed by atoms with E-state index >= 15 is 0 Å². The summed E-state index contributed by atoms with van der Waals surface area (Å²) in [5.41, 5.74) is 5.86. The highest BCUT2D eigenvalue weighted by molar-refractivity contribution is 5.78. The average Bonchev–Trinajstić information content (AvgIpc) is 3.04. The SMILES string of the molecule is CC(NC(=O)CN(C)C(CN)C1CC1)C1CC2CCC1C2. The molecule has 0 aromatic carbocycles. The minimum atomic E-state index is 0.173. The van der Waals surface area contributed by atoms with Gasteiger partial charge in [0.15, 0.2) is 0 Å². The van der Waals surface area contributed by atoms with E-state index in [9.17, 15) is 4.79 Å². The van der Waals surface area contributed by atoms with Crippen molar-refractivity contribution in [1.82, 2.24) is 10.2 Å². The van der Waals surface area contributed by atoms with Crippen LogP contribution in [0.1, 0.15) is 45.4 Å². The van der Waals surface area contributed by atoms with Crippen molar-refractivity contribution in [2.24, 2.45) is 29.4 Å². The summed E-state index contributed by atoms with van der Waals surface area (Å²) in [4.78, 5) is 14.4. The van der Waals surface area contributed by atoms with Crippen LogP contribution in [0.15, 0.2) is 0 Å². The van der Waals surface area contributed by atoms with Crippen LogP contribution in [0.5, 0.6) is 0 Å². The van der Waals surface area contributed by atoms with Crippen molar-refractivity contribution in [3.05, 3.63) is 0 Å². The number of rotatable bonds is 7. The lowest BCUT2D eigenvalue weighted by Gasteiger charge is -2.30. The van der Waals surface area contributed by atoms with Gasteiger partial charge in [0.05, 0.1) is 6.54 Å². The highest BCUT2D eigenvalue weighted by atomic mass is 16.2. The Hall–Kier alpha value is -0.610. The number of carbonyl (C=O) groups is 1. The molecular weight excluding hydrogens is 262 g/mol. The molecule has 0 aromatic rings. The van der Waals surface area contributed by atoms with Crippen LogP contribution in [0.4, 0.5) is 0 Å². The summed E-state index contributed by atoms with van der Waals surface area (Å²) in [7, 11) is 2.04. The van der Waals surface area contributed by atoms with Gasteiger partial charge in [0, 0.05) is 18.6 Å². The maximum absolute atomic E-state index is 12.3. The zero-order chi connectivity index (χ0) is 15.0. The van der Waals surface area contributed by atoms with Crippen LogP contribution in [-0.4, -0.2) is 43.0 Å². The number of fused-ring (bicyclic) bond motifs is 2. The standard InChI is InChI=1S/C17H31N3O/c1-11(15-8-12-3-4-14(15)7-12)19-17(21)10-20(2)16(9-18)13-5-6-13/h11-16H,3-10,18H2,1-2H3,(H,19,21). The van der Waals surface area contributed by atoms with E-state index in [1.54, 1.807) is 0 Å². The third-order valence-electron chi connectivity index (χ3n) is 6.19. The van der Waals surface area contributed by atoms with Crippen LogP contribution >= 0.6 is 0 Å². The summed E-state index contributed by atoms with van der Waals surface area (Å²) in [5.74, 6) is 3.42. The van der Waals surface area contributed by atoms with E-state index in [0.29, 0.717) is 31.1 Å². The maximum atomic E-state index is 12.3. The van der Waals surface area contributed by atoms with E-state index in [-0.39, 0.29) is 5.91 Å². The molecule has 3 fully saturated rings. The van der Waals surface area contributed by atoms with Crippen LogP contribution in [0.2, 0.25) is 0 Å². The molecule has 0 aliphatic heterocycles. The largest absolute Gasteiger partial charge is 0.352 e. The van der Waals surface area contributed by atoms with E-state index in [4.69, 9.17) is 5.73 Å². The lowest BCUT2D eigenvalue weighted by atomic mass is 9.84. The molecular formula is C17H31N3O. The summed E-state index contributed by atoms with van der Waals surface area (Å²) >= 11 is 0. The van der Waals surface area contributed by atoms with Gasteiger partial charge in [-0.3, -0.25) is 9.69 Å². The van der Waals surface area contributed by atoms with Gasteiger partial charge in [0.2, 0.25) is 5.91 Å². The first-order chi connectivity index (χ1) is 10.1. The minimum Gasteiger partial charge on any atom is -0.352 e.